The molecular formula is C23H32IN5O2. The van der Waals surface area contributed by atoms with Gasteiger partial charge in [-0.25, -0.2) is 4.99 Å². The van der Waals surface area contributed by atoms with E-state index in [4.69, 9.17) is 10.5 Å². The van der Waals surface area contributed by atoms with Gasteiger partial charge in [0.1, 0.15) is 0 Å². The van der Waals surface area contributed by atoms with E-state index >= 15 is 0 Å². The van der Waals surface area contributed by atoms with Crippen LogP contribution in [0, 0.1) is 0 Å². The second kappa shape index (κ2) is 13.3. The lowest BCUT2D eigenvalue weighted by molar-refractivity contribution is 0.0341. The number of aliphatic imine (C=N–C) groups is 1. The first kappa shape index (κ1) is 25.1. The van der Waals surface area contributed by atoms with E-state index in [1.807, 2.05) is 19.1 Å². The molecule has 0 saturated carbocycles. The summed E-state index contributed by atoms with van der Waals surface area (Å²) in [6.45, 7) is 8.53. The molecule has 2 aromatic carbocycles. The van der Waals surface area contributed by atoms with E-state index in [1.165, 1.54) is 11.1 Å². The van der Waals surface area contributed by atoms with Crippen LogP contribution in [-0.2, 0) is 24.4 Å². The van der Waals surface area contributed by atoms with E-state index in [0.717, 1.165) is 50.9 Å². The Labute approximate surface area is 201 Å². The highest BCUT2D eigenvalue weighted by molar-refractivity contribution is 14.0. The second-order valence-electron chi connectivity index (χ2n) is 7.27. The molecule has 1 aliphatic rings. The van der Waals surface area contributed by atoms with Crippen LogP contribution in [0.1, 0.15) is 34.0 Å². The number of benzene rings is 2. The molecule has 0 radical (unpaired) electrons. The Morgan fingerprint density at radius 3 is 2.39 bits per heavy atom. The van der Waals surface area contributed by atoms with Crippen LogP contribution in [0.25, 0.3) is 0 Å². The third kappa shape index (κ3) is 8.12. The SMILES string of the molecule is CCNC(=NCc1ccc(C(N)=O)cc1)NCc1ccccc1CN1CCOCC1.I. The summed E-state index contributed by atoms with van der Waals surface area (Å²) in [5, 5.41) is 6.73. The number of nitrogens with one attached hydrogen (secondary N) is 2. The number of nitrogens with zero attached hydrogens (tertiary/aromatic N) is 2. The third-order valence-corrected chi connectivity index (χ3v) is 5.06. The maximum atomic E-state index is 11.2. The standard InChI is InChI=1S/C23H31N5O2.HI/c1-2-25-23(26-15-18-7-9-19(10-8-18)22(24)29)27-16-20-5-3-4-6-21(20)17-28-11-13-30-14-12-28;/h3-10H,2,11-17H2,1H3,(H2,24,29)(H2,25,26,27);1H. The number of nitrogens with two attached hydrogens (primary N) is 1. The summed E-state index contributed by atoms with van der Waals surface area (Å²) in [6.07, 6.45) is 0. The van der Waals surface area contributed by atoms with E-state index < -0.39 is 5.91 Å². The van der Waals surface area contributed by atoms with Gasteiger partial charge >= 0.3 is 0 Å². The van der Waals surface area contributed by atoms with Gasteiger partial charge in [-0.2, -0.15) is 0 Å². The third-order valence-electron chi connectivity index (χ3n) is 5.06. The van der Waals surface area contributed by atoms with Crippen LogP contribution >= 0.6 is 24.0 Å². The number of carbonyl (C=O) groups excluding carboxylic acids is 1. The molecule has 1 saturated heterocycles. The van der Waals surface area contributed by atoms with Crippen molar-refractivity contribution < 1.29 is 9.53 Å². The molecule has 1 heterocycles. The van der Waals surface area contributed by atoms with Crippen molar-refractivity contribution in [2.75, 3.05) is 32.8 Å². The zero-order chi connectivity index (χ0) is 21.2. The molecule has 1 amide bonds. The largest absolute Gasteiger partial charge is 0.379 e. The summed E-state index contributed by atoms with van der Waals surface area (Å²) < 4.78 is 5.45. The van der Waals surface area contributed by atoms with E-state index in [2.05, 4.69) is 44.8 Å². The van der Waals surface area contributed by atoms with Crippen LogP contribution in [0.5, 0.6) is 0 Å². The van der Waals surface area contributed by atoms with Crippen LogP contribution in [-0.4, -0.2) is 49.6 Å². The van der Waals surface area contributed by atoms with Crippen LogP contribution < -0.4 is 16.4 Å². The van der Waals surface area contributed by atoms with E-state index in [-0.39, 0.29) is 24.0 Å². The van der Waals surface area contributed by atoms with Crippen molar-refractivity contribution in [2.24, 2.45) is 10.7 Å². The number of hydrogen-bond donors (Lipinski definition) is 3. The maximum absolute atomic E-state index is 11.2. The Kier molecular flexibility index (Phi) is 10.8. The van der Waals surface area contributed by atoms with Crippen molar-refractivity contribution in [1.82, 2.24) is 15.5 Å². The summed E-state index contributed by atoms with van der Waals surface area (Å²) in [7, 11) is 0. The van der Waals surface area contributed by atoms with Gasteiger partial charge in [-0.15, -0.1) is 24.0 Å². The van der Waals surface area contributed by atoms with Crippen LogP contribution in [0.3, 0.4) is 0 Å². The van der Waals surface area contributed by atoms with E-state index in [0.29, 0.717) is 18.7 Å². The van der Waals surface area contributed by atoms with Crippen LogP contribution in [0.4, 0.5) is 0 Å². The zero-order valence-corrected chi connectivity index (χ0v) is 20.3. The fourth-order valence-corrected chi connectivity index (χ4v) is 3.35. The molecular weight excluding hydrogens is 505 g/mol. The monoisotopic (exact) mass is 537 g/mol. The minimum atomic E-state index is -0.421. The molecule has 0 aromatic heterocycles. The fourth-order valence-electron chi connectivity index (χ4n) is 3.35. The van der Waals surface area contributed by atoms with Crippen molar-refractivity contribution in [3.05, 3.63) is 70.8 Å². The Hall–Kier alpha value is -2.17. The summed E-state index contributed by atoms with van der Waals surface area (Å²) in [5.41, 5.74) is 9.41. The van der Waals surface area contributed by atoms with Crippen molar-refractivity contribution >= 4 is 35.8 Å². The first-order valence-corrected chi connectivity index (χ1v) is 10.4. The molecule has 7 nitrogen and oxygen atoms in total. The first-order valence-electron chi connectivity index (χ1n) is 10.4. The van der Waals surface area contributed by atoms with Gasteiger partial charge in [-0.1, -0.05) is 36.4 Å². The summed E-state index contributed by atoms with van der Waals surface area (Å²) in [4.78, 5) is 18.3. The fraction of sp³-hybridized carbons (Fsp3) is 0.391. The molecule has 1 aliphatic heterocycles. The smallest absolute Gasteiger partial charge is 0.248 e. The van der Waals surface area contributed by atoms with Crippen molar-refractivity contribution in [1.29, 1.82) is 0 Å². The number of halogens is 1. The number of ether oxygens (including phenoxy) is 1. The number of primary amides is 1. The van der Waals surface area contributed by atoms with Crippen molar-refractivity contribution in [2.45, 2.75) is 26.6 Å². The lowest BCUT2D eigenvalue weighted by Gasteiger charge is -2.27. The van der Waals surface area contributed by atoms with Crippen LogP contribution in [0.2, 0.25) is 0 Å². The van der Waals surface area contributed by atoms with E-state index in [9.17, 15) is 4.79 Å². The molecule has 3 rings (SSSR count). The van der Waals surface area contributed by atoms with Crippen molar-refractivity contribution in [3.63, 3.8) is 0 Å². The quantitative estimate of drug-likeness (QED) is 0.274. The number of morpholine rings is 1. The lowest BCUT2D eigenvalue weighted by Crippen LogP contribution is -2.38. The minimum Gasteiger partial charge on any atom is -0.379 e. The number of amides is 1. The predicted molar refractivity (Wildman–Crippen MR) is 135 cm³/mol. The minimum absolute atomic E-state index is 0. The van der Waals surface area contributed by atoms with Crippen LogP contribution in [0.15, 0.2) is 53.5 Å². The van der Waals surface area contributed by atoms with Gasteiger partial charge in [-0.05, 0) is 35.7 Å². The maximum Gasteiger partial charge on any atom is 0.248 e. The average Bonchev–Trinajstić information content (AvgIpc) is 2.77. The highest BCUT2D eigenvalue weighted by Gasteiger charge is 2.12. The van der Waals surface area contributed by atoms with Gasteiger partial charge in [0.05, 0.1) is 19.8 Å². The Bertz CT molecular complexity index is 851. The van der Waals surface area contributed by atoms with Crippen molar-refractivity contribution in [3.8, 4) is 0 Å². The molecule has 0 aliphatic carbocycles. The molecule has 168 valence electrons. The number of rotatable bonds is 8. The molecule has 1 fully saturated rings. The van der Waals surface area contributed by atoms with Gasteiger partial charge in [0.2, 0.25) is 5.91 Å². The average molecular weight is 537 g/mol. The van der Waals surface area contributed by atoms with Gasteiger partial charge in [0.25, 0.3) is 0 Å². The molecule has 0 bridgehead atoms. The predicted octanol–water partition coefficient (Wildman–Crippen LogP) is 2.49. The summed E-state index contributed by atoms with van der Waals surface area (Å²) >= 11 is 0. The van der Waals surface area contributed by atoms with Gasteiger partial charge in [0.15, 0.2) is 5.96 Å². The molecule has 31 heavy (non-hydrogen) atoms. The van der Waals surface area contributed by atoms with Gasteiger partial charge in [0, 0.05) is 38.3 Å². The Balaban J connectivity index is 0.00000341. The Morgan fingerprint density at radius 1 is 1.06 bits per heavy atom. The molecule has 0 atom stereocenters. The molecule has 4 N–H and O–H groups in total. The summed E-state index contributed by atoms with van der Waals surface area (Å²) in [5.74, 6) is 0.341. The number of guanidine groups is 1. The van der Waals surface area contributed by atoms with Gasteiger partial charge in [-0.3, -0.25) is 9.69 Å². The molecule has 8 heteroatoms. The highest BCUT2D eigenvalue weighted by atomic mass is 127. The lowest BCUT2D eigenvalue weighted by atomic mass is 10.1. The zero-order valence-electron chi connectivity index (χ0n) is 18.0. The molecule has 2 aromatic rings. The number of hydrogen-bond acceptors (Lipinski definition) is 4. The summed E-state index contributed by atoms with van der Waals surface area (Å²) in [6, 6.07) is 15.7. The topological polar surface area (TPSA) is 92.0 Å². The Morgan fingerprint density at radius 2 is 1.74 bits per heavy atom. The normalized spacial score (nSPS) is 14.5. The second-order valence-corrected chi connectivity index (χ2v) is 7.27. The molecule has 0 spiro atoms. The number of carbonyl (C=O) groups is 1. The first-order chi connectivity index (χ1) is 14.7. The van der Waals surface area contributed by atoms with Gasteiger partial charge < -0.3 is 21.1 Å². The highest BCUT2D eigenvalue weighted by Crippen LogP contribution is 2.13. The molecule has 0 unspecified atom stereocenters. The van der Waals surface area contributed by atoms with E-state index in [1.54, 1.807) is 12.1 Å².